The number of esters is 1. The summed E-state index contributed by atoms with van der Waals surface area (Å²) in [5.41, 5.74) is 3.66. The predicted octanol–water partition coefficient (Wildman–Crippen LogP) is 4.32. The average Bonchev–Trinajstić information content (AvgIpc) is 3.26. The zero-order chi connectivity index (χ0) is 18.8. The molecule has 0 bridgehead atoms. The lowest BCUT2D eigenvalue weighted by molar-refractivity contribution is 0.0606. The van der Waals surface area contributed by atoms with Crippen LogP contribution in [0.1, 0.15) is 45.4 Å². The van der Waals surface area contributed by atoms with Crippen molar-refractivity contribution in [2.24, 2.45) is 0 Å². The maximum absolute atomic E-state index is 11.7. The van der Waals surface area contributed by atoms with Gasteiger partial charge in [-0.1, -0.05) is 53.3 Å². The molecular formula is C19H19ClN4O2S. The Balaban J connectivity index is 1.55. The van der Waals surface area contributed by atoms with Gasteiger partial charge in [0.05, 0.1) is 25.9 Å². The second-order valence-electron chi connectivity index (χ2n) is 6.41. The van der Waals surface area contributed by atoms with Crippen LogP contribution in [0, 0.1) is 0 Å². The van der Waals surface area contributed by atoms with Crippen LogP contribution in [-0.2, 0) is 17.7 Å². The van der Waals surface area contributed by atoms with Crippen LogP contribution in [0.4, 0.5) is 5.13 Å². The number of anilines is 1. The molecule has 0 radical (unpaired) electrons. The first-order valence-corrected chi connectivity index (χ1v) is 9.95. The number of carbonyl (C=O) groups excluding carboxylic acids is 1. The molecule has 6 nitrogen and oxygen atoms in total. The fourth-order valence-corrected chi connectivity index (χ4v) is 4.55. The second-order valence-corrected chi connectivity index (χ2v) is 7.77. The molecule has 1 aliphatic rings. The number of ether oxygens (including phenoxy) is 1. The van der Waals surface area contributed by atoms with Crippen LogP contribution >= 0.6 is 22.9 Å². The maximum Gasteiger partial charge on any atom is 0.351 e. The van der Waals surface area contributed by atoms with Gasteiger partial charge in [-0.2, -0.15) is 5.10 Å². The second kappa shape index (κ2) is 7.70. The van der Waals surface area contributed by atoms with Crippen LogP contribution in [0.2, 0.25) is 5.15 Å². The number of hydrogen-bond acceptors (Lipinski definition) is 6. The lowest BCUT2D eigenvalue weighted by Gasteiger charge is -2.24. The van der Waals surface area contributed by atoms with Gasteiger partial charge in [-0.05, 0) is 24.8 Å². The van der Waals surface area contributed by atoms with E-state index in [2.05, 4.69) is 32.2 Å². The summed E-state index contributed by atoms with van der Waals surface area (Å²) in [5, 5.41) is 8.82. The third kappa shape index (κ3) is 3.70. The fourth-order valence-electron chi connectivity index (χ4n) is 3.39. The van der Waals surface area contributed by atoms with Gasteiger partial charge in [-0.15, -0.1) is 0 Å². The van der Waals surface area contributed by atoms with Gasteiger partial charge in [0.2, 0.25) is 0 Å². The number of fused-ring (bicyclic) bond motifs is 1. The van der Waals surface area contributed by atoms with E-state index in [4.69, 9.17) is 16.3 Å². The molecule has 27 heavy (non-hydrogen) atoms. The van der Waals surface area contributed by atoms with Gasteiger partial charge < -0.3 is 10.1 Å². The number of halogens is 1. The molecule has 8 heteroatoms. The molecule has 0 spiro atoms. The minimum Gasteiger partial charge on any atom is -0.465 e. The molecule has 0 fully saturated rings. The molecule has 1 aromatic carbocycles. The molecule has 0 saturated carbocycles. The number of rotatable bonds is 5. The lowest BCUT2D eigenvalue weighted by Crippen LogP contribution is -2.18. The molecule has 1 aliphatic carbocycles. The van der Waals surface area contributed by atoms with Crippen molar-refractivity contribution >= 4 is 34.0 Å². The molecule has 0 amide bonds. The number of benzene rings is 1. The molecule has 1 atom stereocenters. The van der Waals surface area contributed by atoms with Crippen molar-refractivity contribution in [1.29, 1.82) is 0 Å². The first-order valence-electron chi connectivity index (χ1n) is 8.75. The number of nitrogens with zero attached hydrogens (tertiary/aromatic N) is 3. The maximum atomic E-state index is 11.7. The summed E-state index contributed by atoms with van der Waals surface area (Å²) in [6.45, 7) is 0.762. The van der Waals surface area contributed by atoms with E-state index in [0.29, 0.717) is 10.0 Å². The minimum atomic E-state index is -0.467. The van der Waals surface area contributed by atoms with Gasteiger partial charge >= 0.3 is 5.97 Å². The Bertz CT molecular complexity index is 954. The largest absolute Gasteiger partial charge is 0.465 e. The van der Waals surface area contributed by atoms with Gasteiger partial charge in [0.15, 0.2) is 15.2 Å². The Labute approximate surface area is 166 Å². The number of aromatic nitrogens is 3. The molecule has 2 aromatic heterocycles. The predicted molar refractivity (Wildman–Crippen MR) is 106 cm³/mol. The molecule has 4 rings (SSSR count). The zero-order valence-corrected chi connectivity index (χ0v) is 16.4. The number of hydrogen-bond donors (Lipinski definition) is 1. The normalized spacial score (nSPS) is 16.0. The summed E-state index contributed by atoms with van der Waals surface area (Å²) in [7, 11) is 1.33. The summed E-state index contributed by atoms with van der Waals surface area (Å²) in [4.78, 5) is 16.3. The first kappa shape index (κ1) is 18.0. The fraction of sp³-hybridized carbons (Fsp3) is 0.316. The highest BCUT2D eigenvalue weighted by Crippen LogP contribution is 2.35. The van der Waals surface area contributed by atoms with Crippen molar-refractivity contribution < 1.29 is 9.53 Å². The van der Waals surface area contributed by atoms with Crippen molar-refractivity contribution in [1.82, 2.24) is 14.8 Å². The Morgan fingerprint density at radius 3 is 3.00 bits per heavy atom. The van der Waals surface area contributed by atoms with E-state index in [1.807, 2.05) is 24.4 Å². The molecule has 3 aromatic rings. The van der Waals surface area contributed by atoms with E-state index < -0.39 is 5.97 Å². The van der Waals surface area contributed by atoms with E-state index in [0.717, 1.165) is 25.8 Å². The molecule has 2 heterocycles. The summed E-state index contributed by atoms with van der Waals surface area (Å²) >= 11 is 7.29. The van der Waals surface area contributed by atoms with Gasteiger partial charge in [0.25, 0.3) is 0 Å². The molecule has 140 valence electrons. The topological polar surface area (TPSA) is 69.0 Å². The summed E-state index contributed by atoms with van der Waals surface area (Å²) in [6, 6.07) is 10.4. The van der Waals surface area contributed by atoms with Gasteiger partial charge in [-0.3, -0.25) is 4.68 Å². The molecule has 1 unspecified atom stereocenters. The van der Waals surface area contributed by atoms with Crippen molar-refractivity contribution in [2.45, 2.75) is 31.8 Å². The third-order valence-electron chi connectivity index (χ3n) is 4.69. The molecule has 1 N–H and O–H groups in total. The van der Waals surface area contributed by atoms with Crippen molar-refractivity contribution in [3.05, 3.63) is 63.4 Å². The van der Waals surface area contributed by atoms with Crippen LogP contribution < -0.4 is 5.32 Å². The monoisotopic (exact) mass is 402 g/mol. The molecule has 0 saturated heterocycles. The van der Waals surface area contributed by atoms with E-state index in [1.165, 1.54) is 35.3 Å². The Morgan fingerprint density at radius 1 is 1.41 bits per heavy atom. The lowest BCUT2D eigenvalue weighted by atomic mass is 9.93. The quantitative estimate of drug-likeness (QED) is 0.644. The Kier molecular flexibility index (Phi) is 5.13. The van der Waals surface area contributed by atoms with Crippen LogP contribution in [0.3, 0.4) is 0 Å². The summed E-state index contributed by atoms with van der Waals surface area (Å²) in [6.07, 6.45) is 4.99. The van der Waals surface area contributed by atoms with Crippen molar-refractivity contribution in [2.75, 3.05) is 12.4 Å². The highest BCUT2D eigenvalue weighted by Gasteiger charge is 2.26. The van der Waals surface area contributed by atoms with Gasteiger partial charge in [0, 0.05) is 11.3 Å². The highest BCUT2D eigenvalue weighted by atomic mass is 35.5. The number of thiazole rings is 1. The van der Waals surface area contributed by atoms with E-state index >= 15 is 0 Å². The standard InChI is InChI=1S/C19H19ClN4O2S/c1-26-18(25)16-17(20)23-19(27-16)22-14-8-5-9-15-13(14)10-21-24(15)11-12-6-3-2-4-7-12/h2-4,6-7,10,14H,5,8-9,11H2,1H3,(H,22,23). The highest BCUT2D eigenvalue weighted by molar-refractivity contribution is 7.18. The average molecular weight is 403 g/mol. The minimum absolute atomic E-state index is 0.103. The number of methoxy groups -OCH3 is 1. The van der Waals surface area contributed by atoms with Crippen LogP contribution in [-0.4, -0.2) is 27.8 Å². The van der Waals surface area contributed by atoms with E-state index in [1.54, 1.807) is 0 Å². The van der Waals surface area contributed by atoms with Crippen LogP contribution in [0.5, 0.6) is 0 Å². The molecular weight excluding hydrogens is 384 g/mol. The zero-order valence-electron chi connectivity index (χ0n) is 14.8. The van der Waals surface area contributed by atoms with E-state index in [9.17, 15) is 4.79 Å². The number of nitrogens with one attached hydrogen (secondary N) is 1. The number of carbonyl (C=O) groups is 1. The van der Waals surface area contributed by atoms with Gasteiger partial charge in [0.1, 0.15) is 0 Å². The van der Waals surface area contributed by atoms with Crippen molar-refractivity contribution in [3.63, 3.8) is 0 Å². The summed E-state index contributed by atoms with van der Waals surface area (Å²) < 4.78 is 6.82. The Morgan fingerprint density at radius 2 is 2.22 bits per heavy atom. The summed E-state index contributed by atoms with van der Waals surface area (Å²) in [5.74, 6) is -0.467. The van der Waals surface area contributed by atoms with Crippen LogP contribution in [0.25, 0.3) is 0 Å². The Hall–Kier alpha value is -2.38. The van der Waals surface area contributed by atoms with E-state index in [-0.39, 0.29) is 11.2 Å². The smallest absolute Gasteiger partial charge is 0.351 e. The van der Waals surface area contributed by atoms with Crippen molar-refractivity contribution in [3.8, 4) is 0 Å². The molecule has 0 aliphatic heterocycles. The SMILES string of the molecule is COC(=O)c1sc(NC2CCCc3c2cnn3Cc2ccccc2)nc1Cl. The first-order chi connectivity index (χ1) is 13.2. The van der Waals surface area contributed by atoms with Crippen LogP contribution in [0.15, 0.2) is 36.5 Å². The van der Waals surface area contributed by atoms with Gasteiger partial charge in [-0.25, -0.2) is 9.78 Å². The third-order valence-corrected chi connectivity index (χ3v) is 6.04.